The maximum absolute atomic E-state index is 12.4. The molecule has 0 aliphatic rings. The van der Waals surface area contributed by atoms with Gasteiger partial charge in [-0.2, -0.15) is 11.3 Å². The highest BCUT2D eigenvalue weighted by Gasteiger charge is 2.14. The summed E-state index contributed by atoms with van der Waals surface area (Å²) < 4.78 is 0. The number of aromatic nitrogens is 1. The number of thiophene rings is 1. The van der Waals surface area contributed by atoms with Gasteiger partial charge in [-0.1, -0.05) is 6.92 Å². The maximum Gasteiger partial charge on any atom is 0.255 e. The number of nitrogens with one attached hydrogen (secondary N) is 2. The third-order valence-corrected chi connectivity index (χ3v) is 3.86. The van der Waals surface area contributed by atoms with Crippen molar-refractivity contribution in [3.63, 3.8) is 0 Å². The van der Waals surface area contributed by atoms with E-state index in [1.165, 1.54) is 5.56 Å². The minimum absolute atomic E-state index is 0.0792. The zero-order chi connectivity index (χ0) is 15.1. The monoisotopic (exact) mass is 303 g/mol. The minimum atomic E-state index is -0.0792. The molecule has 0 fully saturated rings. The van der Waals surface area contributed by atoms with Crippen molar-refractivity contribution >= 4 is 22.9 Å². The lowest BCUT2D eigenvalue weighted by Crippen LogP contribution is -2.34. The number of pyridine rings is 1. The molecule has 2 N–H and O–H groups in total. The first kappa shape index (κ1) is 15.5. The lowest BCUT2D eigenvalue weighted by Gasteiger charge is -2.15. The molecule has 1 atom stereocenters. The summed E-state index contributed by atoms with van der Waals surface area (Å²) in [4.78, 5) is 16.4. The summed E-state index contributed by atoms with van der Waals surface area (Å²) in [7, 11) is 0. The van der Waals surface area contributed by atoms with Crippen LogP contribution >= 0.6 is 11.3 Å². The zero-order valence-electron chi connectivity index (χ0n) is 12.4. The quantitative estimate of drug-likeness (QED) is 0.825. The Bertz CT molecular complexity index is 569. The molecule has 0 radical (unpaired) electrons. The second kappa shape index (κ2) is 7.78. The molecule has 4 nitrogen and oxygen atoms in total. The first-order valence-corrected chi connectivity index (χ1v) is 8.14. The lowest BCUT2D eigenvalue weighted by atomic mass is 10.1. The molecule has 1 amide bonds. The van der Waals surface area contributed by atoms with Gasteiger partial charge in [-0.05, 0) is 48.2 Å². The Hall–Kier alpha value is -1.88. The molecule has 0 saturated heterocycles. The van der Waals surface area contributed by atoms with Gasteiger partial charge in [-0.3, -0.25) is 9.78 Å². The van der Waals surface area contributed by atoms with Crippen LogP contribution in [0.3, 0.4) is 0 Å². The van der Waals surface area contributed by atoms with Gasteiger partial charge in [0.25, 0.3) is 5.91 Å². The highest BCUT2D eigenvalue weighted by molar-refractivity contribution is 7.07. The summed E-state index contributed by atoms with van der Waals surface area (Å²) in [5.74, 6) is -0.0792. The van der Waals surface area contributed by atoms with E-state index in [0.717, 1.165) is 25.1 Å². The van der Waals surface area contributed by atoms with E-state index in [1.54, 1.807) is 23.7 Å². The second-order valence-electron chi connectivity index (χ2n) is 5.06. The van der Waals surface area contributed by atoms with Crippen molar-refractivity contribution in [1.82, 2.24) is 10.3 Å². The fraction of sp³-hybridized carbons (Fsp3) is 0.375. The van der Waals surface area contributed by atoms with Gasteiger partial charge in [0.15, 0.2) is 0 Å². The molecule has 2 rings (SSSR count). The third-order valence-electron chi connectivity index (χ3n) is 3.13. The number of anilines is 1. The van der Waals surface area contributed by atoms with Crippen LogP contribution in [0.15, 0.2) is 35.3 Å². The van der Waals surface area contributed by atoms with Gasteiger partial charge in [0.1, 0.15) is 0 Å². The highest BCUT2D eigenvalue weighted by Crippen LogP contribution is 2.14. The van der Waals surface area contributed by atoms with E-state index in [4.69, 9.17) is 0 Å². The molecular formula is C16H21N3OS. The lowest BCUT2D eigenvalue weighted by molar-refractivity contribution is 0.0940. The second-order valence-corrected chi connectivity index (χ2v) is 5.84. The average molecular weight is 303 g/mol. The van der Waals surface area contributed by atoms with Crippen LogP contribution in [0.5, 0.6) is 0 Å². The smallest absolute Gasteiger partial charge is 0.255 e. The van der Waals surface area contributed by atoms with E-state index in [1.807, 2.05) is 13.0 Å². The molecule has 21 heavy (non-hydrogen) atoms. The Balaban J connectivity index is 1.99. The van der Waals surface area contributed by atoms with Crippen LogP contribution in [0.1, 0.15) is 36.2 Å². The summed E-state index contributed by atoms with van der Waals surface area (Å²) >= 11 is 1.68. The summed E-state index contributed by atoms with van der Waals surface area (Å²) in [6, 6.07) is 4.02. The summed E-state index contributed by atoms with van der Waals surface area (Å²) in [6.07, 6.45) is 5.17. The Morgan fingerprint density at radius 2 is 2.29 bits per heavy atom. The molecule has 0 aliphatic heterocycles. The summed E-state index contributed by atoms with van der Waals surface area (Å²) in [5.41, 5.74) is 2.69. The Morgan fingerprint density at radius 1 is 1.43 bits per heavy atom. The fourth-order valence-electron chi connectivity index (χ4n) is 2.10. The van der Waals surface area contributed by atoms with Crippen LogP contribution in [0.2, 0.25) is 0 Å². The summed E-state index contributed by atoms with van der Waals surface area (Å²) in [5, 5.41) is 10.5. The molecule has 1 unspecified atom stereocenters. The van der Waals surface area contributed by atoms with Crippen molar-refractivity contribution in [2.45, 2.75) is 32.7 Å². The van der Waals surface area contributed by atoms with Crippen molar-refractivity contribution in [3.05, 3.63) is 46.4 Å². The van der Waals surface area contributed by atoms with Gasteiger partial charge in [0.05, 0.1) is 11.3 Å². The Morgan fingerprint density at radius 3 is 3.00 bits per heavy atom. The van der Waals surface area contributed by atoms with E-state index in [0.29, 0.717) is 5.56 Å². The largest absolute Gasteiger partial charge is 0.384 e. The van der Waals surface area contributed by atoms with E-state index >= 15 is 0 Å². The number of carbonyl (C=O) groups is 1. The van der Waals surface area contributed by atoms with Crippen molar-refractivity contribution in [3.8, 4) is 0 Å². The Kier molecular flexibility index (Phi) is 5.75. The molecule has 0 aromatic carbocycles. The van der Waals surface area contributed by atoms with E-state index in [9.17, 15) is 4.79 Å². The zero-order valence-corrected chi connectivity index (χ0v) is 13.2. The van der Waals surface area contributed by atoms with Gasteiger partial charge >= 0.3 is 0 Å². The van der Waals surface area contributed by atoms with Crippen molar-refractivity contribution < 1.29 is 4.79 Å². The number of hydrogen-bond donors (Lipinski definition) is 2. The van der Waals surface area contributed by atoms with E-state index < -0.39 is 0 Å². The number of rotatable bonds is 7. The molecule has 112 valence electrons. The Labute approximate surface area is 129 Å². The minimum Gasteiger partial charge on any atom is -0.384 e. The molecular weight excluding hydrogens is 282 g/mol. The molecule has 2 heterocycles. The molecule has 0 spiro atoms. The van der Waals surface area contributed by atoms with Gasteiger partial charge in [0, 0.05) is 25.0 Å². The summed E-state index contributed by atoms with van der Waals surface area (Å²) in [6.45, 7) is 4.96. The van der Waals surface area contributed by atoms with Crippen LogP contribution in [0, 0.1) is 0 Å². The van der Waals surface area contributed by atoms with E-state index in [2.05, 4.69) is 39.4 Å². The van der Waals surface area contributed by atoms with Gasteiger partial charge in [-0.25, -0.2) is 0 Å². The van der Waals surface area contributed by atoms with Crippen LogP contribution in [-0.4, -0.2) is 23.5 Å². The molecule has 2 aromatic rings. The maximum atomic E-state index is 12.4. The predicted octanol–water partition coefficient (Wildman–Crippen LogP) is 3.33. The first-order valence-electron chi connectivity index (χ1n) is 7.20. The first-order chi connectivity index (χ1) is 10.2. The number of amides is 1. The van der Waals surface area contributed by atoms with Gasteiger partial charge in [0.2, 0.25) is 0 Å². The standard InChI is InChI=1S/C16H21N3OS/c1-3-6-18-15-4-7-17-10-14(15)16(20)19-12(2)9-13-5-8-21-11-13/h4-5,7-8,10-12H,3,6,9H2,1-2H3,(H,17,18)(H,19,20). The highest BCUT2D eigenvalue weighted by atomic mass is 32.1. The molecule has 0 aliphatic carbocycles. The number of nitrogens with zero attached hydrogens (tertiary/aromatic N) is 1. The SMILES string of the molecule is CCCNc1ccncc1C(=O)NC(C)Cc1ccsc1. The van der Waals surface area contributed by atoms with Crippen molar-refractivity contribution in [2.24, 2.45) is 0 Å². The third kappa shape index (κ3) is 4.56. The molecule has 5 heteroatoms. The van der Waals surface area contributed by atoms with Crippen molar-refractivity contribution in [1.29, 1.82) is 0 Å². The van der Waals surface area contributed by atoms with Crippen LogP contribution in [0.25, 0.3) is 0 Å². The average Bonchev–Trinajstić information content (AvgIpc) is 2.98. The normalized spacial score (nSPS) is 11.9. The van der Waals surface area contributed by atoms with E-state index in [-0.39, 0.29) is 11.9 Å². The van der Waals surface area contributed by atoms with Crippen LogP contribution < -0.4 is 10.6 Å². The molecule has 0 saturated carbocycles. The van der Waals surface area contributed by atoms with Crippen LogP contribution in [-0.2, 0) is 6.42 Å². The molecule has 0 bridgehead atoms. The number of carbonyl (C=O) groups excluding carboxylic acids is 1. The van der Waals surface area contributed by atoms with Gasteiger partial charge < -0.3 is 10.6 Å². The molecule has 2 aromatic heterocycles. The number of hydrogen-bond acceptors (Lipinski definition) is 4. The van der Waals surface area contributed by atoms with Crippen molar-refractivity contribution in [2.75, 3.05) is 11.9 Å². The topological polar surface area (TPSA) is 54.0 Å². The van der Waals surface area contributed by atoms with Crippen LogP contribution in [0.4, 0.5) is 5.69 Å². The van der Waals surface area contributed by atoms with Gasteiger partial charge in [-0.15, -0.1) is 0 Å². The fourth-order valence-corrected chi connectivity index (χ4v) is 2.79. The predicted molar refractivity (Wildman–Crippen MR) is 88.0 cm³/mol.